The lowest BCUT2D eigenvalue weighted by molar-refractivity contribution is -0.172. The fraction of sp³-hybridized carbons (Fsp3) is 0.889. The zero-order valence-corrected chi connectivity index (χ0v) is 8.21. The Kier molecular flexibility index (Phi) is 4.18. The number of hydrogen-bond acceptors (Lipinski definition) is 4. The molecule has 1 fully saturated rings. The molecule has 4 heteroatoms. The quantitative estimate of drug-likeness (QED) is 0.629. The van der Waals surface area contributed by atoms with Crippen LogP contribution < -0.4 is 5.32 Å². The summed E-state index contributed by atoms with van der Waals surface area (Å²) < 4.78 is 9.99. The van der Waals surface area contributed by atoms with Crippen molar-refractivity contribution in [2.24, 2.45) is 0 Å². The van der Waals surface area contributed by atoms with E-state index in [0.717, 1.165) is 6.54 Å². The van der Waals surface area contributed by atoms with Crippen LogP contribution in [0.2, 0.25) is 0 Å². The molecule has 0 aliphatic carbocycles. The van der Waals surface area contributed by atoms with Crippen molar-refractivity contribution in [2.45, 2.75) is 32.4 Å². The molecule has 1 aliphatic rings. The number of rotatable bonds is 5. The highest BCUT2D eigenvalue weighted by Gasteiger charge is 2.23. The van der Waals surface area contributed by atoms with E-state index in [-0.39, 0.29) is 18.1 Å². The van der Waals surface area contributed by atoms with Gasteiger partial charge >= 0.3 is 5.97 Å². The van der Waals surface area contributed by atoms with E-state index in [2.05, 4.69) is 5.32 Å². The van der Waals surface area contributed by atoms with Gasteiger partial charge in [0, 0.05) is 6.04 Å². The van der Waals surface area contributed by atoms with Crippen molar-refractivity contribution in [2.75, 3.05) is 19.8 Å². The van der Waals surface area contributed by atoms with E-state index in [1.165, 1.54) is 0 Å². The number of esters is 1. The lowest BCUT2D eigenvalue weighted by atomic mass is 10.2. The number of carbonyl (C=O) groups is 1. The molecule has 1 N–H and O–H groups in total. The Morgan fingerprint density at radius 1 is 1.69 bits per heavy atom. The zero-order valence-electron chi connectivity index (χ0n) is 8.21. The average Bonchev–Trinajstić information content (AvgIpc) is 1.97. The molecule has 13 heavy (non-hydrogen) atoms. The second kappa shape index (κ2) is 5.19. The molecule has 0 aromatic carbocycles. The second-order valence-electron chi connectivity index (χ2n) is 3.31. The van der Waals surface area contributed by atoms with Crippen molar-refractivity contribution in [1.29, 1.82) is 0 Å². The number of hydrogen-bond donors (Lipinski definition) is 1. The maximum atomic E-state index is 11.2. The Morgan fingerprint density at radius 2 is 2.38 bits per heavy atom. The summed E-state index contributed by atoms with van der Waals surface area (Å²) in [5.74, 6) is -0.137. The first kappa shape index (κ1) is 10.5. The van der Waals surface area contributed by atoms with Crippen molar-refractivity contribution in [1.82, 2.24) is 5.32 Å². The van der Waals surface area contributed by atoms with Crippen LogP contribution in [0.25, 0.3) is 0 Å². The van der Waals surface area contributed by atoms with Gasteiger partial charge < -0.3 is 14.8 Å². The van der Waals surface area contributed by atoms with Gasteiger partial charge in [-0.15, -0.1) is 0 Å². The summed E-state index contributed by atoms with van der Waals surface area (Å²) >= 11 is 0. The molecular weight excluding hydrogens is 170 g/mol. The summed E-state index contributed by atoms with van der Waals surface area (Å²) in [5, 5.41) is 3.15. The normalized spacial score (nSPS) is 19.2. The summed E-state index contributed by atoms with van der Waals surface area (Å²) in [4.78, 5) is 11.2. The Morgan fingerprint density at radius 3 is 2.85 bits per heavy atom. The van der Waals surface area contributed by atoms with Crippen LogP contribution in [-0.2, 0) is 14.3 Å². The SMILES string of the molecule is CCNC(C)CC(=O)OC1COC1. The fourth-order valence-electron chi connectivity index (χ4n) is 1.19. The fourth-order valence-corrected chi connectivity index (χ4v) is 1.19. The third kappa shape index (κ3) is 3.74. The van der Waals surface area contributed by atoms with Crippen LogP contribution in [-0.4, -0.2) is 37.9 Å². The van der Waals surface area contributed by atoms with Crippen LogP contribution in [0.3, 0.4) is 0 Å². The largest absolute Gasteiger partial charge is 0.457 e. The number of ether oxygens (including phenoxy) is 2. The van der Waals surface area contributed by atoms with Gasteiger partial charge in [-0.25, -0.2) is 0 Å². The lowest BCUT2D eigenvalue weighted by Gasteiger charge is -2.26. The number of carbonyl (C=O) groups excluding carboxylic acids is 1. The van der Waals surface area contributed by atoms with Gasteiger partial charge in [-0.3, -0.25) is 4.79 Å². The van der Waals surface area contributed by atoms with Crippen molar-refractivity contribution >= 4 is 5.97 Å². The van der Waals surface area contributed by atoms with Crippen molar-refractivity contribution in [3.8, 4) is 0 Å². The minimum absolute atomic E-state index is 0.00123. The molecule has 1 atom stereocenters. The van der Waals surface area contributed by atoms with E-state index in [1.54, 1.807) is 0 Å². The monoisotopic (exact) mass is 187 g/mol. The van der Waals surface area contributed by atoms with Crippen LogP contribution in [0.15, 0.2) is 0 Å². The molecule has 0 bridgehead atoms. The summed E-state index contributed by atoms with van der Waals surface area (Å²) in [5.41, 5.74) is 0. The van der Waals surface area contributed by atoms with Gasteiger partial charge in [0.1, 0.15) is 6.10 Å². The van der Waals surface area contributed by atoms with Gasteiger partial charge in [-0.1, -0.05) is 6.92 Å². The highest BCUT2D eigenvalue weighted by molar-refractivity contribution is 5.70. The van der Waals surface area contributed by atoms with Crippen molar-refractivity contribution in [3.63, 3.8) is 0 Å². The first-order chi connectivity index (χ1) is 6.22. The predicted octanol–water partition coefficient (Wildman–Crippen LogP) is 0.316. The first-order valence-electron chi connectivity index (χ1n) is 4.73. The van der Waals surface area contributed by atoms with E-state index in [4.69, 9.17) is 9.47 Å². The Balaban J connectivity index is 2.08. The van der Waals surface area contributed by atoms with Gasteiger partial charge in [0.2, 0.25) is 0 Å². The topological polar surface area (TPSA) is 47.6 Å². The third-order valence-corrected chi connectivity index (χ3v) is 1.93. The molecule has 0 radical (unpaired) electrons. The Labute approximate surface area is 78.6 Å². The highest BCUT2D eigenvalue weighted by Crippen LogP contribution is 2.07. The molecule has 1 rings (SSSR count). The molecule has 1 unspecified atom stereocenters. The number of nitrogens with one attached hydrogen (secondary N) is 1. The van der Waals surface area contributed by atoms with Gasteiger partial charge in [-0.2, -0.15) is 0 Å². The molecule has 4 nitrogen and oxygen atoms in total. The summed E-state index contributed by atoms with van der Waals surface area (Å²) in [6, 6.07) is 0.193. The maximum Gasteiger partial charge on any atom is 0.307 e. The molecule has 0 aromatic rings. The minimum atomic E-state index is -0.137. The van der Waals surface area contributed by atoms with Crippen LogP contribution in [0.4, 0.5) is 0 Å². The van der Waals surface area contributed by atoms with Gasteiger partial charge in [0.05, 0.1) is 19.6 Å². The maximum absolute atomic E-state index is 11.2. The van der Waals surface area contributed by atoms with Gasteiger partial charge in [-0.05, 0) is 13.5 Å². The van der Waals surface area contributed by atoms with E-state index < -0.39 is 0 Å². The molecule has 0 amide bonds. The summed E-state index contributed by atoms with van der Waals surface area (Å²) in [6.07, 6.45) is 0.436. The van der Waals surface area contributed by atoms with E-state index >= 15 is 0 Å². The molecule has 1 aliphatic heterocycles. The van der Waals surface area contributed by atoms with E-state index in [9.17, 15) is 4.79 Å². The highest BCUT2D eigenvalue weighted by atomic mass is 16.6. The Bertz CT molecular complexity index is 168. The molecule has 0 spiro atoms. The lowest BCUT2D eigenvalue weighted by Crippen LogP contribution is -2.39. The van der Waals surface area contributed by atoms with E-state index in [0.29, 0.717) is 19.6 Å². The molecule has 1 saturated heterocycles. The van der Waals surface area contributed by atoms with Crippen molar-refractivity contribution < 1.29 is 14.3 Å². The molecule has 0 aromatic heterocycles. The summed E-state index contributed by atoms with van der Waals surface area (Å²) in [6.45, 7) is 5.98. The standard InChI is InChI=1S/C9H17NO3/c1-3-10-7(2)4-9(11)13-8-5-12-6-8/h7-8,10H,3-6H2,1-2H3. The van der Waals surface area contributed by atoms with Crippen molar-refractivity contribution in [3.05, 3.63) is 0 Å². The molecule has 76 valence electrons. The summed E-state index contributed by atoms with van der Waals surface area (Å²) in [7, 11) is 0. The Hall–Kier alpha value is -0.610. The van der Waals surface area contributed by atoms with Crippen LogP contribution in [0.1, 0.15) is 20.3 Å². The van der Waals surface area contributed by atoms with Crippen LogP contribution in [0, 0.1) is 0 Å². The first-order valence-corrected chi connectivity index (χ1v) is 4.73. The molecule has 1 heterocycles. The smallest absolute Gasteiger partial charge is 0.307 e. The van der Waals surface area contributed by atoms with Crippen LogP contribution >= 0.6 is 0 Å². The van der Waals surface area contributed by atoms with Crippen LogP contribution in [0.5, 0.6) is 0 Å². The predicted molar refractivity (Wildman–Crippen MR) is 48.5 cm³/mol. The van der Waals surface area contributed by atoms with Gasteiger partial charge in [0.15, 0.2) is 0 Å². The zero-order chi connectivity index (χ0) is 9.68. The second-order valence-corrected chi connectivity index (χ2v) is 3.31. The average molecular weight is 187 g/mol. The molecule has 0 saturated carbocycles. The van der Waals surface area contributed by atoms with Gasteiger partial charge in [0.25, 0.3) is 0 Å². The minimum Gasteiger partial charge on any atom is -0.457 e. The van der Waals surface area contributed by atoms with E-state index in [1.807, 2.05) is 13.8 Å². The third-order valence-electron chi connectivity index (χ3n) is 1.93. The molecular formula is C9H17NO3.